The fourth-order valence-electron chi connectivity index (χ4n) is 2.40. The molecule has 2 aromatic carbocycles. The first-order chi connectivity index (χ1) is 11.4. The molecule has 1 N–H and O–H groups in total. The van der Waals surface area contributed by atoms with Crippen LogP contribution in [0.2, 0.25) is 0 Å². The number of hydrogen-bond donors (Lipinski definition) is 1. The van der Waals surface area contributed by atoms with Gasteiger partial charge in [0, 0.05) is 12.1 Å². The van der Waals surface area contributed by atoms with Crippen molar-refractivity contribution in [3.8, 4) is 5.75 Å². The number of halogens is 3. The highest BCUT2D eigenvalue weighted by Gasteiger charge is 2.30. The van der Waals surface area contributed by atoms with Crippen LogP contribution in [0.25, 0.3) is 6.08 Å². The van der Waals surface area contributed by atoms with Crippen LogP contribution in [-0.2, 0) is 17.5 Å². The number of rotatable bonds is 3. The zero-order valence-corrected chi connectivity index (χ0v) is 12.6. The number of benzene rings is 2. The molecule has 0 saturated carbocycles. The molecule has 0 spiro atoms. The third-order valence-electron chi connectivity index (χ3n) is 3.63. The Labute approximate surface area is 136 Å². The second-order valence-corrected chi connectivity index (χ2v) is 5.38. The highest BCUT2D eigenvalue weighted by molar-refractivity contribution is 5.99. The summed E-state index contributed by atoms with van der Waals surface area (Å²) in [4.78, 5) is 12.2. The smallest absolute Gasteiger partial charge is 0.416 e. The van der Waals surface area contributed by atoms with E-state index in [1.54, 1.807) is 6.08 Å². The van der Waals surface area contributed by atoms with Gasteiger partial charge in [0.1, 0.15) is 12.4 Å². The van der Waals surface area contributed by atoms with Crippen molar-refractivity contribution in [2.45, 2.75) is 12.7 Å². The normalized spacial score (nSPS) is 13.5. The Kier molecular flexibility index (Phi) is 4.29. The van der Waals surface area contributed by atoms with Gasteiger partial charge in [-0.1, -0.05) is 30.3 Å². The maximum atomic E-state index is 12.7. The minimum absolute atomic E-state index is 0.0156. The van der Waals surface area contributed by atoms with E-state index >= 15 is 0 Å². The van der Waals surface area contributed by atoms with E-state index in [1.165, 1.54) is 12.1 Å². The molecule has 124 valence electrons. The van der Waals surface area contributed by atoms with Gasteiger partial charge in [0.25, 0.3) is 5.91 Å². The monoisotopic (exact) mass is 333 g/mol. The number of hydrogen-bond acceptors (Lipinski definition) is 2. The minimum atomic E-state index is -4.40. The summed E-state index contributed by atoms with van der Waals surface area (Å²) < 4.78 is 43.6. The summed E-state index contributed by atoms with van der Waals surface area (Å²) in [6.45, 7) is 0.146. The van der Waals surface area contributed by atoms with Gasteiger partial charge in [0.15, 0.2) is 0 Å². The third-order valence-corrected chi connectivity index (χ3v) is 3.63. The largest absolute Gasteiger partial charge is 0.488 e. The average Bonchev–Trinajstić information content (AvgIpc) is 2.59. The van der Waals surface area contributed by atoms with Crippen LogP contribution >= 0.6 is 0 Å². The zero-order chi connectivity index (χ0) is 17.2. The molecule has 2 aromatic rings. The van der Waals surface area contributed by atoms with Gasteiger partial charge in [0.2, 0.25) is 0 Å². The van der Waals surface area contributed by atoms with Crippen LogP contribution in [-0.4, -0.2) is 12.5 Å². The van der Waals surface area contributed by atoms with Crippen molar-refractivity contribution in [1.82, 2.24) is 5.32 Å². The Balaban J connectivity index is 1.68. The Morgan fingerprint density at radius 3 is 2.71 bits per heavy atom. The minimum Gasteiger partial charge on any atom is -0.488 e. The lowest BCUT2D eigenvalue weighted by molar-refractivity contribution is -0.137. The number of carbonyl (C=O) groups is 1. The van der Waals surface area contributed by atoms with Crippen molar-refractivity contribution in [3.05, 3.63) is 70.8 Å². The number of para-hydroxylation sites is 1. The molecule has 24 heavy (non-hydrogen) atoms. The van der Waals surface area contributed by atoms with E-state index in [0.717, 1.165) is 17.7 Å². The quantitative estimate of drug-likeness (QED) is 0.928. The standard InChI is InChI=1S/C18H14F3NO2/c19-18(20,21)15-6-3-4-12(8-15)10-22-17(23)14-9-13-5-1-2-7-16(13)24-11-14/h1-9H,10-11H2,(H,22,23). The molecule has 0 aromatic heterocycles. The fraction of sp³-hybridized carbons (Fsp3) is 0.167. The first kappa shape index (κ1) is 16.1. The lowest BCUT2D eigenvalue weighted by Gasteiger charge is -2.17. The van der Waals surface area contributed by atoms with Crippen LogP contribution in [0.4, 0.5) is 13.2 Å². The second kappa shape index (κ2) is 6.39. The predicted molar refractivity (Wildman–Crippen MR) is 83.2 cm³/mol. The molecule has 0 saturated heterocycles. The van der Waals surface area contributed by atoms with Gasteiger partial charge in [-0.2, -0.15) is 13.2 Å². The third kappa shape index (κ3) is 3.59. The highest BCUT2D eigenvalue weighted by atomic mass is 19.4. The molecule has 3 nitrogen and oxygen atoms in total. The van der Waals surface area contributed by atoms with E-state index in [0.29, 0.717) is 16.9 Å². The number of ether oxygens (including phenoxy) is 1. The van der Waals surface area contributed by atoms with Crippen LogP contribution in [0.3, 0.4) is 0 Å². The summed E-state index contributed by atoms with van der Waals surface area (Å²) in [7, 11) is 0. The van der Waals surface area contributed by atoms with E-state index in [9.17, 15) is 18.0 Å². The summed E-state index contributed by atoms with van der Waals surface area (Å²) in [6, 6.07) is 12.2. The van der Waals surface area contributed by atoms with E-state index < -0.39 is 11.7 Å². The predicted octanol–water partition coefficient (Wildman–Crippen LogP) is 3.80. The lowest BCUT2D eigenvalue weighted by atomic mass is 10.1. The number of nitrogens with one attached hydrogen (secondary N) is 1. The van der Waals surface area contributed by atoms with Crippen molar-refractivity contribution in [2.24, 2.45) is 0 Å². The average molecular weight is 333 g/mol. The first-order valence-electron chi connectivity index (χ1n) is 7.30. The van der Waals surface area contributed by atoms with Gasteiger partial charge < -0.3 is 10.1 Å². The molecular weight excluding hydrogens is 319 g/mol. The molecule has 1 heterocycles. The van der Waals surface area contributed by atoms with E-state index in [-0.39, 0.29) is 19.1 Å². The Bertz CT molecular complexity index is 797. The zero-order valence-electron chi connectivity index (χ0n) is 12.6. The summed E-state index contributed by atoms with van der Waals surface area (Å²) >= 11 is 0. The van der Waals surface area contributed by atoms with Gasteiger partial charge in [-0.05, 0) is 29.8 Å². The summed E-state index contributed by atoms with van der Waals surface area (Å²) in [5.74, 6) is 0.342. The van der Waals surface area contributed by atoms with Crippen LogP contribution in [0.1, 0.15) is 16.7 Å². The second-order valence-electron chi connectivity index (χ2n) is 5.38. The van der Waals surface area contributed by atoms with E-state index in [4.69, 9.17) is 4.74 Å². The molecule has 0 fully saturated rings. The summed E-state index contributed by atoms with van der Waals surface area (Å²) in [6.07, 6.45) is -2.68. The molecule has 0 bridgehead atoms. The van der Waals surface area contributed by atoms with Crippen molar-refractivity contribution in [3.63, 3.8) is 0 Å². The summed E-state index contributed by atoms with van der Waals surface area (Å²) in [5.41, 5.74) is 0.882. The first-order valence-corrected chi connectivity index (χ1v) is 7.30. The van der Waals surface area contributed by atoms with Gasteiger partial charge in [-0.25, -0.2) is 0 Å². The van der Waals surface area contributed by atoms with Gasteiger partial charge in [-0.15, -0.1) is 0 Å². The number of carbonyl (C=O) groups excluding carboxylic acids is 1. The van der Waals surface area contributed by atoms with Crippen molar-refractivity contribution >= 4 is 12.0 Å². The van der Waals surface area contributed by atoms with Crippen LogP contribution < -0.4 is 10.1 Å². The number of amides is 1. The molecule has 6 heteroatoms. The molecule has 0 radical (unpaired) electrons. The van der Waals surface area contributed by atoms with Crippen molar-refractivity contribution in [1.29, 1.82) is 0 Å². The Morgan fingerprint density at radius 2 is 1.92 bits per heavy atom. The number of fused-ring (bicyclic) bond motifs is 1. The maximum Gasteiger partial charge on any atom is 0.416 e. The van der Waals surface area contributed by atoms with Gasteiger partial charge in [-0.3, -0.25) is 4.79 Å². The van der Waals surface area contributed by atoms with Crippen LogP contribution in [0.15, 0.2) is 54.1 Å². The topological polar surface area (TPSA) is 38.3 Å². The van der Waals surface area contributed by atoms with Crippen molar-refractivity contribution < 1.29 is 22.7 Å². The Hall–Kier alpha value is -2.76. The lowest BCUT2D eigenvalue weighted by Crippen LogP contribution is -2.28. The molecular formula is C18H14F3NO2. The molecule has 0 atom stereocenters. The van der Waals surface area contributed by atoms with Gasteiger partial charge in [0.05, 0.1) is 11.1 Å². The van der Waals surface area contributed by atoms with Crippen LogP contribution in [0.5, 0.6) is 5.75 Å². The molecule has 1 aliphatic rings. The van der Waals surface area contributed by atoms with Gasteiger partial charge >= 0.3 is 6.18 Å². The van der Waals surface area contributed by atoms with E-state index in [2.05, 4.69) is 5.32 Å². The van der Waals surface area contributed by atoms with E-state index in [1.807, 2.05) is 24.3 Å². The molecule has 1 aliphatic heterocycles. The Morgan fingerprint density at radius 1 is 1.12 bits per heavy atom. The number of alkyl halides is 3. The molecule has 1 amide bonds. The van der Waals surface area contributed by atoms with Crippen LogP contribution in [0, 0.1) is 0 Å². The molecule has 0 unspecified atom stereocenters. The highest BCUT2D eigenvalue weighted by Crippen LogP contribution is 2.29. The maximum absolute atomic E-state index is 12.7. The molecule has 3 rings (SSSR count). The SMILES string of the molecule is O=C(NCc1cccc(C(F)(F)F)c1)C1=Cc2ccccc2OC1. The fourth-order valence-corrected chi connectivity index (χ4v) is 2.40. The van der Waals surface area contributed by atoms with Crippen molar-refractivity contribution in [2.75, 3.05) is 6.61 Å². The molecule has 0 aliphatic carbocycles. The summed E-state index contributed by atoms with van der Waals surface area (Å²) in [5, 5.41) is 2.62.